The number of carboxylic acid groups (broad SMARTS) is 1. The van der Waals surface area contributed by atoms with Crippen LogP contribution in [-0.4, -0.2) is 28.7 Å². The van der Waals surface area contributed by atoms with Gasteiger partial charge in [-0.3, -0.25) is 5.32 Å². The van der Waals surface area contributed by atoms with Crippen molar-refractivity contribution < 1.29 is 24.2 Å². The zero-order chi connectivity index (χ0) is 19.5. The van der Waals surface area contributed by atoms with Crippen LogP contribution in [0.3, 0.4) is 0 Å². The Balaban J connectivity index is 2.02. The van der Waals surface area contributed by atoms with E-state index in [9.17, 15) is 19.5 Å². The molecular weight excluding hydrogens is 356 g/mol. The summed E-state index contributed by atoms with van der Waals surface area (Å²) in [4.78, 5) is 35.3. The molecule has 2 rings (SSSR count). The SMILES string of the molecule is Cc1csc(NC(=O)Nc2ccc(C(=O)OC(C)(C)C)cc2)c1C(=O)O. The lowest BCUT2D eigenvalue weighted by atomic mass is 10.1. The van der Waals surface area contributed by atoms with Gasteiger partial charge < -0.3 is 15.2 Å². The predicted molar refractivity (Wildman–Crippen MR) is 100 cm³/mol. The highest BCUT2D eigenvalue weighted by molar-refractivity contribution is 7.15. The van der Waals surface area contributed by atoms with Crippen LogP contribution in [0.2, 0.25) is 0 Å². The largest absolute Gasteiger partial charge is 0.478 e. The van der Waals surface area contributed by atoms with Crippen molar-refractivity contribution in [3.05, 3.63) is 46.3 Å². The number of thiophene rings is 1. The van der Waals surface area contributed by atoms with Gasteiger partial charge in [0.15, 0.2) is 0 Å². The van der Waals surface area contributed by atoms with E-state index >= 15 is 0 Å². The standard InChI is InChI=1S/C18H20N2O5S/c1-10-9-26-14(13(10)15(21)22)20-17(24)19-12-7-5-11(6-8-12)16(23)25-18(2,3)4/h5-9H,1-4H3,(H,21,22)(H2,19,20,24). The Morgan fingerprint density at radius 1 is 1.08 bits per heavy atom. The molecule has 0 saturated heterocycles. The molecule has 1 heterocycles. The van der Waals surface area contributed by atoms with E-state index in [0.717, 1.165) is 11.3 Å². The first kappa shape index (κ1) is 19.5. The van der Waals surface area contributed by atoms with Gasteiger partial charge >= 0.3 is 18.0 Å². The number of aryl methyl sites for hydroxylation is 1. The van der Waals surface area contributed by atoms with Gasteiger partial charge in [-0.05, 0) is 62.9 Å². The Labute approximate surface area is 155 Å². The fourth-order valence-electron chi connectivity index (χ4n) is 2.09. The van der Waals surface area contributed by atoms with E-state index in [1.165, 1.54) is 0 Å². The van der Waals surface area contributed by atoms with Crippen LogP contribution in [0, 0.1) is 6.92 Å². The number of anilines is 2. The third-order valence-corrected chi connectivity index (χ3v) is 4.21. The molecule has 2 aromatic rings. The van der Waals surface area contributed by atoms with E-state index in [4.69, 9.17) is 4.74 Å². The number of benzene rings is 1. The maximum Gasteiger partial charge on any atom is 0.338 e. The van der Waals surface area contributed by atoms with Crippen molar-refractivity contribution in [3.63, 3.8) is 0 Å². The summed E-state index contributed by atoms with van der Waals surface area (Å²) in [5, 5.41) is 16.2. The topological polar surface area (TPSA) is 105 Å². The molecule has 0 unspecified atom stereocenters. The highest BCUT2D eigenvalue weighted by atomic mass is 32.1. The molecule has 1 aromatic carbocycles. The van der Waals surface area contributed by atoms with Crippen LogP contribution in [0.25, 0.3) is 0 Å². The zero-order valence-corrected chi connectivity index (χ0v) is 15.7. The summed E-state index contributed by atoms with van der Waals surface area (Å²) in [7, 11) is 0. The molecule has 0 spiro atoms. The summed E-state index contributed by atoms with van der Waals surface area (Å²) in [6.45, 7) is 7.01. The van der Waals surface area contributed by atoms with Crippen LogP contribution < -0.4 is 10.6 Å². The first-order valence-corrected chi connectivity index (χ1v) is 8.67. The summed E-state index contributed by atoms with van der Waals surface area (Å²) in [6, 6.07) is 5.65. The van der Waals surface area contributed by atoms with Crippen molar-refractivity contribution in [3.8, 4) is 0 Å². The van der Waals surface area contributed by atoms with Crippen molar-refractivity contribution in [2.45, 2.75) is 33.3 Å². The third kappa shape index (κ3) is 5.06. The van der Waals surface area contributed by atoms with Crippen molar-refractivity contribution in [1.82, 2.24) is 0 Å². The molecule has 138 valence electrons. The second-order valence-electron chi connectivity index (χ2n) is 6.59. The van der Waals surface area contributed by atoms with Crippen molar-refractivity contribution in [2.24, 2.45) is 0 Å². The van der Waals surface area contributed by atoms with Gasteiger partial charge in [0.25, 0.3) is 0 Å². The number of esters is 1. The van der Waals surface area contributed by atoms with Crippen molar-refractivity contribution >= 4 is 40.0 Å². The van der Waals surface area contributed by atoms with E-state index in [-0.39, 0.29) is 10.6 Å². The van der Waals surface area contributed by atoms with Gasteiger partial charge in [0, 0.05) is 5.69 Å². The number of rotatable bonds is 4. The summed E-state index contributed by atoms with van der Waals surface area (Å²) >= 11 is 1.14. The summed E-state index contributed by atoms with van der Waals surface area (Å²) in [5.74, 6) is -1.55. The lowest BCUT2D eigenvalue weighted by Gasteiger charge is -2.19. The lowest BCUT2D eigenvalue weighted by Crippen LogP contribution is -2.24. The van der Waals surface area contributed by atoms with Gasteiger partial charge in [-0.25, -0.2) is 14.4 Å². The molecule has 0 bridgehead atoms. The van der Waals surface area contributed by atoms with Crippen molar-refractivity contribution in [1.29, 1.82) is 0 Å². The van der Waals surface area contributed by atoms with Gasteiger partial charge in [0.2, 0.25) is 0 Å². The number of nitrogens with one attached hydrogen (secondary N) is 2. The molecule has 0 aliphatic rings. The van der Waals surface area contributed by atoms with E-state index in [1.54, 1.807) is 57.3 Å². The lowest BCUT2D eigenvalue weighted by molar-refractivity contribution is 0.00693. The predicted octanol–water partition coefficient (Wildman–Crippen LogP) is 4.35. The molecule has 2 amide bonds. The Hall–Kier alpha value is -2.87. The maximum atomic E-state index is 12.1. The monoisotopic (exact) mass is 376 g/mol. The second kappa shape index (κ2) is 7.57. The number of amides is 2. The average molecular weight is 376 g/mol. The van der Waals surface area contributed by atoms with Crippen LogP contribution in [0.5, 0.6) is 0 Å². The molecule has 0 saturated carbocycles. The van der Waals surface area contributed by atoms with Crippen LogP contribution >= 0.6 is 11.3 Å². The van der Waals surface area contributed by atoms with Crippen LogP contribution in [0.15, 0.2) is 29.6 Å². The number of aromatic carboxylic acids is 1. The minimum Gasteiger partial charge on any atom is -0.478 e. The van der Waals surface area contributed by atoms with E-state index < -0.39 is 23.6 Å². The molecule has 8 heteroatoms. The minimum atomic E-state index is -1.10. The number of carboxylic acids is 1. The van der Waals surface area contributed by atoms with Crippen LogP contribution in [0.1, 0.15) is 47.1 Å². The molecule has 0 fully saturated rings. The highest BCUT2D eigenvalue weighted by Gasteiger charge is 2.19. The smallest absolute Gasteiger partial charge is 0.338 e. The number of carbonyl (C=O) groups is 3. The molecule has 0 aliphatic heterocycles. The molecule has 0 radical (unpaired) electrons. The molecule has 26 heavy (non-hydrogen) atoms. The maximum absolute atomic E-state index is 12.1. The minimum absolute atomic E-state index is 0.0745. The zero-order valence-electron chi connectivity index (χ0n) is 14.9. The van der Waals surface area contributed by atoms with Gasteiger partial charge in [0.05, 0.1) is 11.1 Å². The quantitative estimate of drug-likeness (QED) is 0.688. The van der Waals surface area contributed by atoms with E-state index in [2.05, 4.69) is 10.6 Å². The Morgan fingerprint density at radius 2 is 1.69 bits per heavy atom. The fraction of sp³-hybridized carbons (Fsp3) is 0.278. The summed E-state index contributed by atoms with van der Waals surface area (Å²) < 4.78 is 5.27. The number of hydrogen-bond acceptors (Lipinski definition) is 5. The number of ether oxygens (including phenoxy) is 1. The Morgan fingerprint density at radius 3 is 2.23 bits per heavy atom. The summed E-state index contributed by atoms with van der Waals surface area (Å²) in [6.07, 6.45) is 0. The molecule has 0 atom stereocenters. The Bertz CT molecular complexity index is 834. The van der Waals surface area contributed by atoms with Crippen LogP contribution in [0.4, 0.5) is 15.5 Å². The fourth-order valence-corrected chi connectivity index (χ4v) is 3.02. The molecule has 7 nitrogen and oxygen atoms in total. The number of hydrogen-bond donors (Lipinski definition) is 3. The van der Waals surface area contributed by atoms with Gasteiger partial charge in [-0.1, -0.05) is 0 Å². The average Bonchev–Trinajstić information content (AvgIpc) is 2.86. The second-order valence-corrected chi connectivity index (χ2v) is 7.47. The van der Waals surface area contributed by atoms with E-state index in [1.807, 2.05) is 0 Å². The first-order chi connectivity index (χ1) is 12.1. The number of carbonyl (C=O) groups excluding carboxylic acids is 2. The summed E-state index contributed by atoms with van der Waals surface area (Å²) in [5.41, 5.74) is 0.895. The van der Waals surface area contributed by atoms with Gasteiger partial charge in [-0.2, -0.15) is 0 Å². The molecule has 3 N–H and O–H groups in total. The number of urea groups is 1. The van der Waals surface area contributed by atoms with E-state index in [0.29, 0.717) is 16.8 Å². The van der Waals surface area contributed by atoms with Gasteiger partial charge in [-0.15, -0.1) is 11.3 Å². The molecule has 0 aliphatic carbocycles. The first-order valence-electron chi connectivity index (χ1n) is 7.79. The van der Waals surface area contributed by atoms with Gasteiger partial charge in [0.1, 0.15) is 10.6 Å². The normalized spacial score (nSPS) is 10.9. The molecular formula is C18H20N2O5S. The third-order valence-electron chi connectivity index (χ3n) is 3.19. The highest BCUT2D eigenvalue weighted by Crippen LogP contribution is 2.27. The van der Waals surface area contributed by atoms with Crippen LogP contribution in [-0.2, 0) is 4.74 Å². The molecule has 1 aromatic heterocycles. The van der Waals surface area contributed by atoms with Crippen molar-refractivity contribution in [2.75, 3.05) is 10.6 Å². The Kier molecular flexibility index (Phi) is 5.66.